The molecule has 2 aromatic heterocycles. The second-order valence-electron chi connectivity index (χ2n) is 25.2. The van der Waals surface area contributed by atoms with Gasteiger partial charge in [0.15, 0.2) is 8.32 Å². The van der Waals surface area contributed by atoms with Crippen LogP contribution in [-0.4, -0.2) is 94.7 Å². The number of amides is 3. The molecule has 0 bridgehead atoms. The molecule has 3 aliphatic heterocycles. The molecule has 2 saturated heterocycles. The summed E-state index contributed by atoms with van der Waals surface area (Å²) in [6.45, 7) is 26.3. The van der Waals surface area contributed by atoms with Crippen molar-refractivity contribution < 1.29 is 18.8 Å². The number of nitrogens with one attached hydrogen (secondary N) is 2. The third kappa shape index (κ3) is 11.0. The minimum absolute atomic E-state index is 0.0852. The molecule has 1 aliphatic carbocycles. The summed E-state index contributed by atoms with van der Waals surface area (Å²) in [7, 11) is -2.31. The van der Waals surface area contributed by atoms with E-state index in [4.69, 9.17) is 4.43 Å². The van der Waals surface area contributed by atoms with Gasteiger partial charge in [-0.05, 0) is 165 Å². The fourth-order valence-corrected chi connectivity index (χ4v) is 14.2. The van der Waals surface area contributed by atoms with Crippen molar-refractivity contribution in [2.75, 3.05) is 26.2 Å². The molecule has 9 rings (SSSR count). The fourth-order valence-electron chi connectivity index (χ4n) is 11.5. The van der Waals surface area contributed by atoms with Crippen LogP contribution in [0.4, 0.5) is 0 Å². The molecule has 3 fully saturated rings. The molecule has 4 aliphatic rings. The predicted octanol–water partition coefficient (Wildman–Crippen LogP) is 11.6. The number of hydrogen-bond acceptors (Lipinski definition) is 10. The van der Waals surface area contributed by atoms with Crippen molar-refractivity contribution >= 4 is 64.2 Å². The third-order valence-electron chi connectivity index (χ3n) is 17.4. The number of halogens is 1. The van der Waals surface area contributed by atoms with E-state index >= 15 is 0 Å². The van der Waals surface area contributed by atoms with Gasteiger partial charge in [-0.2, -0.15) is 10.2 Å². The van der Waals surface area contributed by atoms with Crippen molar-refractivity contribution in [1.82, 2.24) is 35.0 Å². The Morgan fingerprint density at radius 3 is 2.32 bits per heavy atom. The van der Waals surface area contributed by atoms with Crippen LogP contribution < -0.4 is 16.2 Å². The number of nitrogens with zero attached hydrogens (tertiary/aromatic N) is 6. The zero-order chi connectivity index (χ0) is 54.7. The van der Waals surface area contributed by atoms with Crippen LogP contribution in [0.1, 0.15) is 153 Å². The molecular weight excluding hydrogens is 1050 g/mol. The molecular formula is C60H77BrN8O5SSi. The van der Waals surface area contributed by atoms with Crippen LogP contribution in [0.25, 0.3) is 27.0 Å². The first-order valence-electron chi connectivity index (χ1n) is 27.4. The summed E-state index contributed by atoms with van der Waals surface area (Å²) in [5, 5.41) is 16.8. The number of fused-ring (bicyclic) bond motifs is 5. The van der Waals surface area contributed by atoms with Crippen LogP contribution >= 0.6 is 27.3 Å². The van der Waals surface area contributed by atoms with Gasteiger partial charge in [0.25, 0.3) is 5.56 Å². The van der Waals surface area contributed by atoms with Crippen molar-refractivity contribution in [3.8, 4) is 22.2 Å². The van der Waals surface area contributed by atoms with Crippen molar-refractivity contribution in [2.24, 2.45) is 10.8 Å². The highest BCUT2D eigenvalue weighted by atomic mass is 79.9. The monoisotopic (exact) mass is 1130 g/mol. The molecule has 404 valence electrons. The van der Waals surface area contributed by atoms with Crippen molar-refractivity contribution in [1.29, 1.82) is 5.26 Å². The molecule has 1 saturated carbocycles. The van der Waals surface area contributed by atoms with Crippen LogP contribution in [-0.2, 0) is 24.2 Å². The lowest BCUT2D eigenvalue weighted by atomic mass is 9.81. The quantitative estimate of drug-likeness (QED) is 0.0723. The SMILES string of the molecule is Cc1ncsc1-c1ccc([C@H](CCCCCN2CCC(c3ccc4c(c3)C(C)(C)c3nc(=O)c5c(Br)cccc5n3-4)CC2)NC(=O)[C@@H]2C[C@@H](O[Si](C)(C)C(C)(C)C)CN2C(=O)[C@@H](NC(=O)C2(C#N)CC2)C(C)(C)C)cc1. The lowest BCUT2D eigenvalue weighted by molar-refractivity contribution is -0.144. The van der Waals surface area contributed by atoms with E-state index in [1.165, 1.54) is 11.1 Å². The first-order valence-corrected chi connectivity index (χ1v) is 32.0. The van der Waals surface area contributed by atoms with Gasteiger partial charge in [0.1, 0.15) is 23.3 Å². The number of carbonyl (C=O) groups excluding carboxylic acids is 3. The number of hydrogen-bond donors (Lipinski definition) is 2. The van der Waals surface area contributed by atoms with Crippen LogP contribution in [0, 0.1) is 29.1 Å². The van der Waals surface area contributed by atoms with Gasteiger partial charge in [0, 0.05) is 17.4 Å². The summed E-state index contributed by atoms with van der Waals surface area (Å²) >= 11 is 5.21. The van der Waals surface area contributed by atoms with Crippen molar-refractivity contribution in [3.05, 3.63) is 109 Å². The highest BCUT2D eigenvalue weighted by molar-refractivity contribution is 9.10. The zero-order valence-electron chi connectivity index (χ0n) is 46.4. The number of rotatable bonds is 16. The standard InChI is InChI=1S/C60H77BrN8O5SSi/c1-37-50(75-36-63-37)40-21-19-39(20-22-40)45(64-52(70)48-33-42(74-76(10,11)58(5,6)7)34-68(48)54(72)51(57(2,3)4)65-56(73)60(35-62)27-28-60)17-13-12-14-29-67-30-25-38(26-31-67)41-23-24-46-43(32-41)59(8,9)55-66-53(71)49-44(61)16-15-18-47(49)69(46)55/h15-16,18-24,32,36,38,42,45,48,51H,12-14,17,25-31,33-34H2,1-11H3,(H,64,70)(H,65,73)/t42-,45+,48+,51-/m1/s1. The van der Waals surface area contributed by atoms with Gasteiger partial charge in [0.05, 0.1) is 56.3 Å². The Kier molecular flexibility index (Phi) is 15.6. The molecule has 76 heavy (non-hydrogen) atoms. The number of benzene rings is 3. The summed E-state index contributed by atoms with van der Waals surface area (Å²) in [6, 6.07) is 21.3. The van der Waals surface area contributed by atoms with Crippen LogP contribution in [0.3, 0.4) is 0 Å². The van der Waals surface area contributed by atoms with Gasteiger partial charge in [-0.15, -0.1) is 11.3 Å². The summed E-state index contributed by atoms with van der Waals surface area (Å²) in [6.07, 6.45) is 6.76. The molecule has 0 unspecified atom stereocenters. The van der Waals surface area contributed by atoms with Crippen LogP contribution in [0.5, 0.6) is 0 Å². The summed E-state index contributed by atoms with van der Waals surface area (Å²) < 4.78 is 9.86. The first-order chi connectivity index (χ1) is 35.8. The van der Waals surface area contributed by atoms with E-state index in [2.05, 4.69) is 142 Å². The fraction of sp³-hybridized carbons (Fsp3) is 0.550. The molecule has 0 spiro atoms. The third-order valence-corrected chi connectivity index (χ3v) is 23.6. The van der Waals surface area contributed by atoms with E-state index < -0.39 is 42.6 Å². The number of likely N-dealkylation sites (tertiary alicyclic amines) is 2. The number of nitriles is 1. The van der Waals surface area contributed by atoms with E-state index in [1.807, 2.05) is 51.4 Å². The molecule has 16 heteroatoms. The molecule has 13 nitrogen and oxygen atoms in total. The molecule has 5 heterocycles. The van der Waals surface area contributed by atoms with Crippen LogP contribution in [0.2, 0.25) is 18.1 Å². The van der Waals surface area contributed by atoms with Crippen LogP contribution in [0.15, 0.2) is 75.4 Å². The smallest absolute Gasteiger partial charge is 0.281 e. The minimum Gasteiger partial charge on any atom is -0.412 e. The Hall–Kier alpha value is -5.05. The van der Waals surface area contributed by atoms with E-state index in [-0.39, 0.29) is 41.1 Å². The average Bonchev–Trinajstić information content (AvgIpc) is 3.85. The minimum atomic E-state index is -2.31. The summed E-state index contributed by atoms with van der Waals surface area (Å²) in [5.74, 6) is 0.246. The van der Waals surface area contributed by atoms with Crippen molar-refractivity contribution in [3.63, 3.8) is 0 Å². The molecule has 3 amide bonds. The molecule has 4 atom stereocenters. The van der Waals surface area contributed by atoms with E-state index in [0.29, 0.717) is 30.6 Å². The lowest BCUT2D eigenvalue weighted by Crippen LogP contribution is -2.58. The Bertz CT molecular complexity index is 3120. The first kappa shape index (κ1) is 55.7. The Balaban J connectivity index is 0.866. The van der Waals surface area contributed by atoms with E-state index in [1.54, 1.807) is 16.2 Å². The highest BCUT2D eigenvalue weighted by Gasteiger charge is 2.54. The van der Waals surface area contributed by atoms with Gasteiger partial charge in [0.2, 0.25) is 17.7 Å². The van der Waals surface area contributed by atoms with Gasteiger partial charge in [-0.3, -0.25) is 23.7 Å². The Labute approximate surface area is 462 Å². The van der Waals surface area contributed by atoms with Gasteiger partial charge >= 0.3 is 0 Å². The Morgan fingerprint density at radius 1 is 0.974 bits per heavy atom. The van der Waals surface area contributed by atoms with Gasteiger partial charge in [-0.1, -0.05) is 96.8 Å². The zero-order valence-corrected chi connectivity index (χ0v) is 49.8. The highest BCUT2D eigenvalue weighted by Crippen LogP contribution is 2.47. The summed E-state index contributed by atoms with van der Waals surface area (Å²) in [4.78, 5) is 71.2. The number of carbonyl (C=O) groups is 3. The second kappa shape index (κ2) is 21.3. The van der Waals surface area contributed by atoms with E-state index in [0.717, 1.165) is 101 Å². The number of aromatic nitrogens is 3. The van der Waals surface area contributed by atoms with Gasteiger partial charge < -0.3 is 24.9 Å². The van der Waals surface area contributed by atoms with Crippen molar-refractivity contribution in [2.45, 2.75) is 174 Å². The molecule has 0 radical (unpaired) electrons. The number of unbranched alkanes of at least 4 members (excludes halogenated alkanes) is 2. The number of aryl methyl sites for hydroxylation is 1. The Morgan fingerprint density at radius 2 is 1.68 bits per heavy atom. The molecule has 3 aromatic carbocycles. The number of piperidine rings is 1. The largest absolute Gasteiger partial charge is 0.412 e. The molecule has 2 N–H and O–H groups in total. The summed E-state index contributed by atoms with van der Waals surface area (Å²) in [5.41, 5.74) is 7.03. The number of thiazole rings is 1. The topological polar surface area (TPSA) is 163 Å². The molecule has 5 aromatic rings. The van der Waals surface area contributed by atoms with E-state index in [9.17, 15) is 24.4 Å². The maximum absolute atomic E-state index is 15.0. The second-order valence-corrected chi connectivity index (χ2v) is 31.7. The van der Waals surface area contributed by atoms with Gasteiger partial charge in [-0.25, -0.2) is 4.98 Å². The predicted molar refractivity (Wildman–Crippen MR) is 308 cm³/mol. The maximum atomic E-state index is 15.0. The maximum Gasteiger partial charge on any atom is 0.281 e. The lowest BCUT2D eigenvalue weighted by Gasteiger charge is -2.38. The normalized spacial score (nSPS) is 20.2. The average molecular weight is 1130 g/mol.